The molecule has 1 saturated heterocycles. The molecule has 2 aliphatic rings. The van der Waals surface area contributed by atoms with Crippen LogP contribution < -0.4 is 4.90 Å². The third-order valence-corrected chi connectivity index (χ3v) is 6.64. The number of thioether (sulfide) groups is 1. The molecule has 0 aliphatic carbocycles. The van der Waals surface area contributed by atoms with Gasteiger partial charge in [0, 0.05) is 23.3 Å². The molecule has 0 aromatic heterocycles. The van der Waals surface area contributed by atoms with Crippen molar-refractivity contribution in [2.45, 2.75) is 17.8 Å². The van der Waals surface area contributed by atoms with E-state index >= 15 is 0 Å². The van der Waals surface area contributed by atoms with Crippen LogP contribution in [0.2, 0.25) is 5.02 Å². The summed E-state index contributed by atoms with van der Waals surface area (Å²) < 4.78 is 14.1. The fourth-order valence-electron chi connectivity index (χ4n) is 3.59. The monoisotopic (exact) mass is 459 g/mol. The molecule has 4 amide bonds. The number of urea groups is 1. The molecular formula is C22H19ClFN3O3S. The van der Waals surface area contributed by atoms with Crippen LogP contribution in [0.4, 0.5) is 14.9 Å². The first kappa shape index (κ1) is 21.4. The predicted molar refractivity (Wildman–Crippen MR) is 118 cm³/mol. The van der Waals surface area contributed by atoms with Crippen molar-refractivity contribution in [2.75, 3.05) is 18.5 Å². The Kier molecular flexibility index (Phi) is 6.02. The molecular weight excluding hydrogens is 441 g/mol. The Morgan fingerprint density at radius 3 is 2.71 bits per heavy atom. The highest BCUT2D eigenvalue weighted by molar-refractivity contribution is 8.03. The van der Waals surface area contributed by atoms with Gasteiger partial charge in [-0.05, 0) is 29.7 Å². The topological polar surface area (TPSA) is 60.9 Å². The average Bonchev–Trinajstić information content (AvgIpc) is 3.25. The molecule has 0 spiro atoms. The van der Waals surface area contributed by atoms with Crippen LogP contribution in [0.1, 0.15) is 5.56 Å². The molecule has 31 heavy (non-hydrogen) atoms. The first-order chi connectivity index (χ1) is 14.9. The van der Waals surface area contributed by atoms with Crippen LogP contribution in [0.15, 0.2) is 60.0 Å². The van der Waals surface area contributed by atoms with E-state index in [1.807, 2.05) is 0 Å². The van der Waals surface area contributed by atoms with Gasteiger partial charge in [0.25, 0.3) is 0 Å². The normalized spacial score (nSPS) is 20.2. The molecule has 1 fully saturated rings. The van der Waals surface area contributed by atoms with Gasteiger partial charge in [-0.3, -0.25) is 14.5 Å². The number of carbonyl (C=O) groups is 3. The lowest BCUT2D eigenvalue weighted by Crippen LogP contribution is -2.63. The Morgan fingerprint density at radius 2 is 1.97 bits per heavy atom. The van der Waals surface area contributed by atoms with Crippen LogP contribution in [0.25, 0.3) is 0 Å². The maximum Gasteiger partial charge on any atom is 0.328 e. The number of rotatable bonds is 5. The second kappa shape index (κ2) is 8.72. The number of nitrogens with zero attached hydrogens (tertiary/aromatic N) is 3. The number of carbonyl (C=O) groups excluding carboxylic acids is 3. The number of anilines is 1. The Bertz CT molecular complexity index is 1080. The van der Waals surface area contributed by atoms with E-state index in [-0.39, 0.29) is 30.5 Å². The van der Waals surface area contributed by atoms with E-state index in [9.17, 15) is 18.8 Å². The first-order valence-electron chi connectivity index (χ1n) is 9.56. The van der Waals surface area contributed by atoms with Gasteiger partial charge >= 0.3 is 6.03 Å². The van der Waals surface area contributed by atoms with Gasteiger partial charge in [-0.25, -0.2) is 9.18 Å². The van der Waals surface area contributed by atoms with Gasteiger partial charge in [-0.2, -0.15) is 0 Å². The van der Waals surface area contributed by atoms with Gasteiger partial charge < -0.3 is 9.80 Å². The van der Waals surface area contributed by atoms with Crippen molar-refractivity contribution in [1.82, 2.24) is 9.80 Å². The minimum Gasteiger partial charge on any atom is -0.314 e. The van der Waals surface area contributed by atoms with Crippen LogP contribution in [-0.4, -0.2) is 52.5 Å². The van der Waals surface area contributed by atoms with Crippen molar-refractivity contribution in [3.63, 3.8) is 0 Å². The van der Waals surface area contributed by atoms with E-state index < -0.39 is 23.1 Å². The number of amides is 4. The summed E-state index contributed by atoms with van der Waals surface area (Å²) in [6.45, 7) is -0.419. The quantitative estimate of drug-likeness (QED) is 0.680. The second-order valence-electron chi connectivity index (χ2n) is 7.23. The summed E-state index contributed by atoms with van der Waals surface area (Å²) in [7, 11) is 1.60. The van der Waals surface area contributed by atoms with Crippen molar-refractivity contribution in [2.24, 2.45) is 0 Å². The number of likely N-dealkylation sites (N-methyl/N-ethyl adjacent to an activating group) is 1. The molecule has 0 radical (unpaired) electrons. The Labute approximate surface area is 188 Å². The molecule has 2 aromatic rings. The Hall–Kier alpha value is -2.84. The minimum atomic E-state index is -0.616. The zero-order chi connectivity index (χ0) is 22.1. The zero-order valence-electron chi connectivity index (χ0n) is 16.6. The molecule has 9 heteroatoms. The predicted octanol–water partition coefficient (Wildman–Crippen LogP) is 3.90. The summed E-state index contributed by atoms with van der Waals surface area (Å²) in [6.07, 6.45) is 1.75. The summed E-state index contributed by atoms with van der Waals surface area (Å²) in [5.74, 6) is -1.22. The van der Waals surface area contributed by atoms with Crippen molar-refractivity contribution < 1.29 is 18.8 Å². The lowest BCUT2D eigenvalue weighted by molar-refractivity contribution is -0.133. The summed E-state index contributed by atoms with van der Waals surface area (Å²) in [6, 6.07) is 11.7. The highest BCUT2D eigenvalue weighted by Crippen LogP contribution is 2.35. The van der Waals surface area contributed by atoms with Crippen LogP contribution in [-0.2, 0) is 16.1 Å². The van der Waals surface area contributed by atoms with Gasteiger partial charge in [0.05, 0.1) is 12.6 Å². The average molecular weight is 460 g/mol. The molecule has 0 saturated carbocycles. The maximum absolute atomic E-state index is 14.1. The lowest BCUT2D eigenvalue weighted by atomic mass is 10.1. The number of halogens is 2. The van der Waals surface area contributed by atoms with Gasteiger partial charge in [0.2, 0.25) is 11.8 Å². The van der Waals surface area contributed by atoms with E-state index in [1.54, 1.807) is 54.9 Å². The SMILES string of the molecule is CN(C(=O)CN1C(=O)N(Cc2ccccc2F)C(=O)C2SC=CC21)c1cccc(Cl)c1. The van der Waals surface area contributed by atoms with Crippen molar-refractivity contribution in [3.8, 4) is 0 Å². The van der Waals surface area contributed by atoms with Gasteiger partial charge in [0.1, 0.15) is 17.6 Å². The van der Waals surface area contributed by atoms with Crippen LogP contribution in [0.3, 0.4) is 0 Å². The number of fused-ring (bicyclic) bond motifs is 1. The van der Waals surface area contributed by atoms with Gasteiger partial charge in [-0.15, -0.1) is 11.8 Å². The van der Waals surface area contributed by atoms with Crippen LogP contribution in [0.5, 0.6) is 0 Å². The van der Waals surface area contributed by atoms with E-state index in [2.05, 4.69) is 0 Å². The highest BCUT2D eigenvalue weighted by Gasteiger charge is 2.48. The molecule has 0 N–H and O–H groups in total. The van der Waals surface area contributed by atoms with E-state index in [4.69, 9.17) is 11.6 Å². The zero-order valence-corrected chi connectivity index (χ0v) is 18.1. The number of imide groups is 1. The van der Waals surface area contributed by atoms with E-state index in [0.29, 0.717) is 10.7 Å². The molecule has 2 heterocycles. The van der Waals surface area contributed by atoms with Crippen molar-refractivity contribution in [1.29, 1.82) is 0 Å². The summed E-state index contributed by atoms with van der Waals surface area (Å²) >= 11 is 7.31. The molecule has 4 rings (SSSR count). The van der Waals surface area contributed by atoms with Crippen LogP contribution >= 0.6 is 23.4 Å². The highest BCUT2D eigenvalue weighted by atomic mass is 35.5. The third-order valence-electron chi connectivity index (χ3n) is 5.32. The fraction of sp³-hybridized carbons (Fsp3) is 0.227. The number of benzene rings is 2. The van der Waals surface area contributed by atoms with Crippen molar-refractivity contribution in [3.05, 3.63) is 76.4 Å². The largest absolute Gasteiger partial charge is 0.328 e. The molecule has 6 nitrogen and oxygen atoms in total. The molecule has 0 bridgehead atoms. The maximum atomic E-state index is 14.1. The van der Waals surface area contributed by atoms with Crippen molar-refractivity contribution >= 4 is 46.9 Å². The number of hydrogen-bond acceptors (Lipinski definition) is 4. The van der Waals surface area contributed by atoms with E-state index in [1.165, 1.54) is 33.7 Å². The first-order valence-corrected chi connectivity index (χ1v) is 10.9. The third kappa shape index (κ3) is 4.18. The lowest BCUT2D eigenvalue weighted by Gasteiger charge is -2.41. The smallest absolute Gasteiger partial charge is 0.314 e. The van der Waals surface area contributed by atoms with Gasteiger partial charge in [0.15, 0.2) is 0 Å². The van der Waals surface area contributed by atoms with Gasteiger partial charge in [-0.1, -0.05) is 41.9 Å². The molecule has 2 unspecified atom stereocenters. The molecule has 2 atom stereocenters. The Balaban J connectivity index is 1.57. The van der Waals surface area contributed by atoms with Crippen LogP contribution in [0, 0.1) is 5.82 Å². The summed E-state index contributed by atoms with van der Waals surface area (Å²) in [5.41, 5.74) is 0.829. The minimum absolute atomic E-state index is 0.192. The van der Waals surface area contributed by atoms with E-state index in [0.717, 1.165) is 4.90 Å². The summed E-state index contributed by atoms with van der Waals surface area (Å²) in [5, 5.41) is 1.68. The standard InChI is InChI=1S/C22H19ClFN3O3S/c1-25(16-7-4-6-15(23)11-16)19(28)13-26-18-9-10-31-20(18)21(29)27(22(26)30)12-14-5-2-3-8-17(14)24/h2-11,18,20H,12-13H2,1H3. The number of hydrogen-bond donors (Lipinski definition) is 0. The Morgan fingerprint density at radius 1 is 1.19 bits per heavy atom. The molecule has 160 valence electrons. The fourth-order valence-corrected chi connectivity index (χ4v) is 4.84. The second-order valence-corrected chi connectivity index (χ2v) is 8.72. The molecule has 2 aromatic carbocycles. The summed E-state index contributed by atoms with van der Waals surface area (Å²) in [4.78, 5) is 42.9. The molecule has 2 aliphatic heterocycles.